The van der Waals surface area contributed by atoms with Crippen LogP contribution >= 0.6 is 34.9 Å². The largest absolute Gasteiger partial charge is 0.330 e. The number of benzene rings is 2. The first-order valence-corrected chi connectivity index (χ1v) is 11.7. The number of H-pyrrole nitrogens is 1. The van der Waals surface area contributed by atoms with Crippen LogP contribution in [0.1, 0.15) is 5.56 Å². The number of aryl methyl sites for hydroxylation is 1. The Morgan fingerprint density at radius 2 is 1.81 bits per heavy atom. The average Bonchev–Trinajstić information content (AvgIpc) is 3.40. The number of hydrogen-bond donors (Lipinski definition) is 1. The Labute approximate surface area is 189 Å². The fraction of sp³-hybridized carbons (Fsp3) is 0.0435. The molecule has 0 amide bonds. The Hall–Kier alpha value is -3.20. The molecule has 0 saturated heterocycles. The van der Waals surface area contributed by atoms with E-state index in [1.165, 1.54) is 27.2 Å². The molecule has 8 heteroatoms. The van der Waals surface area contributed by atoms with E-state index in [1.54, 1.807) is 0 Å². The molecule has 0 aliphatic rings. The molecule has 0 unspecified atom stereocenters. The second kappa shape index (κ2) is 6.91. The van der Waals surface area contributed by atoms with Crippen LogP contribution in [0, 0.1) is 11.7 Å². The number of hydrogen-bond acceptors (Lipinski definition) is 6. The highest BCUT2D eigenvalue weighted by Gasteiger charge is 2.18. The van der Waals surface area contributed by atoms with E-state index in [-0.39, 0.29) is 5.56 Å². The van der Waals surface area contributed by atoms with Crippen LogP contribution in [0.5, 0.6) is 0 Å². The van der Waals surface area contributed by atoms with Crippen LogP contribution in [0.15, 0.2) is 64.8 Å². The van der Waals surface area contributed by atoms with Gasteiger partial charge in [-0.1, -0.05) is 48.5 Å². The monoisotopic (exact) mass is 458 g/mol. The standard InChI is InChI=1S/C23H14N4OS3/c1-12-14-9-5-6-10-15(14)24-20-17(12)18-19(31-20)21(28)27(22(29)26-18)23-25-16(11-30-23)13-7-3-2-4-8-13/h2-11H,1H3,(H,26,29). The summed E-state index contributed by atoms with van der Waals surface area (Å²) in [5.74, 6) is 0. The molecule has 0 aliphatic heterocycles. The maximum Gasteiger partial charge on any atom is 0.278 e. The third-order valence-corrected chi connectivity index (χ3v) is 7.56. The van der Waals surface area contributed by atoms with Gasteiger partial charge in [0.2, 0.25) is 0 Å². The summed E-state index contributed by atoms with van der Waals surface area (Å²) in [4.78, 5) is 27.1. The van der Waals surface area contributed by atoms with Crippen molar-refractivity contribution in [2.75, 3.05) is 0 Å². The predicted octanol–water partition coefficient (Wildman–Crippen LogP) is 6.24. The number of rotatable bonds is 2. The van der Waals surface area contributed by atoms with Crippen molar-refractivity contribution in [1.82, 2.24) is 19.5 Å². The normalized spacial score (nSPS) is 11.6. The van der Waals surface area contributed by atoms with E-state index in [2.05, 4.69) is 23.0 Å². The molecule has 0 bridgehead atoms. The van der Waals surface area contributed by atoms with Crippen LogP contribution in [0.3, 0.4) is 0 Å². The van der Waals surface area contributed by atoms with Gasteiger partial charge in [-0.25, -0.2) is 14.5 Å². The van der Waals surface area contributed by atoms with Gasteiger partial charge in [-0.15, -0.1) is 22.7 Å². The summed E-state index contributed by atoms with van der Waals surface area (Å²) in [7, 11) is 0. The summed E-state index contributed by atoms with van der Waals surface area (Å²) in [5.41, 5.74) is 4.42. The number of thiophene rings is 1. The Morgan fingerprint density at radius 1 is 1.03 bits per heavy atom. The minimum atomic E-state index is -0.167. The lowest BCUT2D eigenvalue weighted by Crippen LogP contribution is -2.19. The summed E-state index contributed by atoms with van der Waals surface area (Å²) >= 11 is 8.39. The molecule has 0 saturated carbocycles. The zero-order chi connectivity index (χ0) is 21.1. The molecule has 4 heterocycles. The first kappa shape index (κ1) is 18.6. The number of thiazole rings is 1. The van der Waals surface area contributed by atoms with Gasteiger partial charge < -0.3 is 4.98 Å². The highest BCUT2D eigenvalue weighted by atomic mass is 32.1. The molecule has 6 rings (SSSR count). The topological polar surface area (TPSA) is 63.6 Å². The Morgan fingerprint density at radius 3 is 2.65 bits per heavy atom. The Kier molecular flexibility index (Phi) is 4.14. The van der Waals surface area contributed by atoms with E-state index in [0.717, 1.165) is 43.5 Å². The van der Waals surface area contributed by atoms with Crippen molar-refractivity contribution in [2.45, 2.75) is 6.92 Å². The summed E-state index contributed by atoms with van der Waals surface area (Å²) < 4.78 is 2.42. The van der Waals surface area contributed by atoms with Crippen LogP contribution in [0.4, 0.5) is 0 Å². The highest BCUT2D eigenvalue weighted by Crippen LogP contribution is 2.35. The van der Waals surface area contributed by atoms with Gasteiger partial charge in [-0.05, 0) is 30.8 Å². The third-order valence-electron chi connectivity index (χ3n) is 5.38. The first-order chi connectivity index (χ1) is 15.1. The van der Waals surface area contributed by atoms with Crippen molar-refractivity contribution < 1.29 is 0 Å². The van der Waals surface area contributed by atoms with Crippen LogP contribution in [0.25, 0.3) is 47.7 Å². The van der Waals surface area contributed by atoms with E-state index in [1.807, 2.05) is 53.9 Å². The number of nitrogens with zero attached hydrogens (tertiary/aromatic N) is 3. The summed E-state index contributed by atoms with van der Waals surface area (Å²) in [6, 6.07) is 17.9. The zero-order valence-corrected chi connectivity index (χ0v) is 18.7. The van der Waals surface area contributed by atoms with Gasteiger partial charge in [0.05, 0.1) is 16.7 Å². The van der Waals surface area contributed by atoms with Gasteiger partial charge in [0.25, 0.3) is 5.56 Å². The number of fused-ring (bicyclic) bond motifs is 4. The molecule has 5 nitrogen and oxygen atoms in total. The number of nitrogens with one attached hydrogen (secondary N) is 1. The predicted molar refractivity (Wildman–Crippen MR) is 131 cm³/mol. The fourth-order valence-electron chi connectivity index (χ4n) is 3.89. The molecule has 4 aromatic heterocycles. The lowest BCUT2D eigenvalue weighted by atomic mass is 10.1. The number of aromatic amines is 1. The molecule has 150 valence electrons. The van der Waals surface area contributed by atoms with Gasteiger partial charge in [0.1, 0.15) is 9.53 Å². The quantitative estimate of drug-likeness (QED) is 0.312. The van der Waals surface area contributed by atoms with E-state index >= 15 is 0 Å². The number of para-hydroxylation sites is 1. The smallest absolute Gasteiger partial charge is 0.278 e. The molecular weight excluding hydrogens is 444 g/mol. The lowest BCUT2D eigenvalue weighted by molar-refractivity contribution is 0.931. The Bertz CT molecular complexity index is 1740. The van der Waals surface area contributed by atoms with Gasteiger partial charge >= 0.3 is 0 Å². The van der Waals surface area contributed by atoms with Crippen LogP contribution in [-0.2, 0) is 0 Å². The minimum absolute atomic E-state index is 0.167. The van der Waals surface area contributed by atoms with Gasteiger partial charge in [0, 0.05) is 21.7 Å². The zero-order valence-electron chi connectivity index (χ0n) is 16.2. The molecule has 0 spiro atoms. The average molecular weight is 459 g/mol. The van der Waals surface area contributed by atoms with Crippen molar-refractivity contribution in [3.8, 4) is 16.4 Å². The van der Waals surface area contributed by atoms with Crippen LogP contribution in [0.2, 0.25) is 0 Å². The van der Waals surface area contributed by atoms with Crippen molar-refractivity contribution in [3.05, 3.63) is 80.7 Å². The lowest BCUT2D eigenvalue weighted by Gasteiger charge is -2.05. The van der Waals surface area contributed by atoms with E-state index < -0.39 is 0 Å². The molecule has 0 fully saturated rings. The fourth-order valence-corrected chi connectivity index (χ4v) is 6.18. The van der Waals surface area contributed by atoms with Gasteiger partial charge in [0.15, 0.2) is 9.90 Å². The van der Waals surface area contributed by atoms with E-state index in [4.69, 9.17) is 17.2 Å². The van der Waals surface area contributed by atoms with Crippen molar-refractivity contribution in [1.29, 1.82) is 0 Å². The van der Waals surface area contributed by atoms with Gasteiger partial charge in [-0.2, -0.15) is 0 Å². The van der Waals surface area contributed by atoms with E-state index in [9.17, 15) is 4.79 Å². The molecule has 31 heavy (non-hydrogen) atoms. The number of pyridine rings is 1. The second-order valence-corrected chi connectivity index (χ2v) is 9.41. The molecule has 1 N–H and O–H groups in total. The van der Waals surface area contributed by atoms with E-state index in [0.29, 0.717) is 14.6 Å². The highest BCUT2D eigenvalue weighted by molar-refractivity contribution is 7.71. The molecular formula is C23H14N4OS3. The molecule has 0 radical (unpaired) electrons. The SMILES string of the molecule is Cc1c2ccccc2nc2sc3c(=O)n(-c4nc(-c5ccccc5)cs4)c(=S)[nH]c3c12. The van der Waals surface area contributed by atoms with Crippen molar-refractivity contribution in [3.63, 3.8) is 0 Å². The maximum absolute atomic E-state index is 13.5. The van der Waals surface area contributed by atoms with Crippen molar-refractivity contribution >= 4 is 66.2 Å². The van der Waals surface area contributed by atoms with Crippen molar-refractivity contribution in [2.24, 2.45) is 0 Å². The van der Waals surface area contributed by atoms with Gasteiger partial charge in [-0.3, -0.25) is 4.79 Å². The molecule has 0 aliphatic carbocycles. The summed E-state index contributed by atoms with van der Waals surface area (Å²) in [6.07, 6.45) is 0. The van der Waals surface area contributed by atoms with Crippen LogP contribution in [-0.4, -0.2) is 19.5 Å². The number of aromatic nitrogens is 4. The Balaban J connectivity index is 1.63. The molecule has 6 aromatic rings. The third kappa shape index (κ3) is 2.79. The summed E-state index contributed by atoms with van der Waals surface area (Å²) in [6.45, 7) is 2.06. The minimum Gasteiger partial charge on any atom is -0.330 e. The first-order valence-electron chi connectivity index (χ1n) is 9.60. The maximum atomic E-state index is 13.5. The second-order valence-electron chi connectivity index (χ2n) is 7.19. The molecule has 2 aromatic carbocycles. The summed E-state index contributed by atoms with van der Waals surface area (Å²) in [5, 5.41) is 4.53. The molecule has 0 atom stereocenters. The van der Waals surface area contributed by atoms with Crippen LogP contribution < -0.4 is 5.56 Å².